The van der Waals surface area contributed by atoms with Gasteiger partial charge in [0.1, 0.15) is 24.0 Å². The normalized spacial score (nSPS) is 11.0. The Morgan fingerprint density at radius 2 is 1.75 bits per heavy atom. The average molecular weight is 504 g/mol. The standard InChI is InChI=1S/C28H22ClNO6/c1-33-26-16-19(8-12-25(26)35-18-20-6-10-23(29)11-7-20)9-13-27(31)36-24-5-3-4-21(15-24)14-22(17-30)28(32)34-2/h3-16H,18H2,1-2H3/b13-9+,22-14+. The summed E-state index contributed by atoms with van der Waals surface area (Å²) in [5.41, 5.74) is 2.00. The van der Waals surface area contributed by atoms with Gasteiger partial charge in [-0.05, 0) is 65.2 Å². The molecule has 0 radical (unpaired) electrons. The van der Waals surface area contributed by atoms with Crippen LogP contribution in [0.4, 0.5) is 0 Å². The van der Waals surface area contributed by atoms with Gasteiger partial charge < -0.3 is 18.9 Å². The predicted molar refractivity (Wildman–Crippen MR) is 135 cm³/mol. The van der Waals surface area contributed by atoms with Crippen LogP contribution < -0.4 is 14.2 Å². The van der Waals surface area contributed by atoms with E-state index in [-0.39, 0.29) is 11.3 Å². The molecular formula is C28H22ClNO6. The van der Waals surface area contributed by atoms with Crippen LogP contribution in [0.3, 0.4) is 0 Å². The molecule has 3 aromatic carbocycles. The summed E-state index contributed by atoms with van der Waals surface area (Å²) in [6.45, 7) is 0.346. The molecule has 0 aliphatic carbocycles. The Morgan fingerprint density at radius 3 is 2.44 bits per heavy atom. The van der Waals surface area contributed by atoms with Crippen LogP contribution in [0.2, 0.25) is 5.02 Å². The summed E-state index contributed by atoms with van der Waals surface area (Å²) in [6.07, 6.45) is 4.21. The summed E-state index contributed by atoms with van der Waals surface area (Å²) in [6, 6.07) is 20.8. The summed E-state index contributed by atoms with van der Waals surface area (Å²) in [5, 5.41) is 9.75. The fourth-order valence-electron chi connectivity index (χ4n) is 3.04. The van der Waals surface area contributed by atoms with E-state index in [0.717, 1.165) is 5.56 Å². The van der Waals surface area contributed by atoms with Crippen molar-refractivity contribution >= 4 is 35.7 Å². The number of methoxy groups -OCH3 is 2. The molecule has 0 atom stereocenters. The van der Waals surface area contributed by atoms with Crippen molar-refractivity contribution in [1.82, 2.24) is 0 Å². The number of carbonyl (C=O) groups is 2. The maximum atomic E-state index is 12.3. The predicted octanol–water partition coefficient (Wildman–Crippen LogP) is 5.63. The second-order valence-corrected chi connectivity index (χ2v) is 7.75. The molecule has 8 heteroatoms. The van der Waals surface area contributed by atoms with Gasteiger partial charge in [0, 0.05) is 11.1 Å². The van der Waals surface area contributed by atoms with Crippen molar-refractivity contribution < 1.29 is 28.5 Å². The highest BCUT2D eigenvalue weighted by atomic mass is 35.5. The van der Waals surface area contributed by atoms with Gasteiger partial charge in [-0.1, -0.05) is 41.9 Å². The highest BCUT2D eigenvalue weighted by molar-refractivity contribution is 6.30. The van der Waals surface area contributed by atoms with Crippen LogP contribution in [0, 0.1) is 11.3 Å². The van der Waals surface area contributed by atoms with Crippen LogP contribution in [0.1, 0.15) is 16.7 Å². The quantitative estimate of drug-likeness (QED) is 0.162. The smallest absolute Gasteiger partial charge is 0.348 e. The topological polar surface area (TPSA) is 94.9 Å². The van der Waals surface area contributed by atoms with Crippen LogP contribution in [0.15, 0.2) is 78.4 Å². The zero-order valence-electron chi connectivity index (χ0n) is 19.6. The van der Waals surface area contributed by atoms with Gasteiger partial charge in [0.05, 0.1) is 14.2 Å². The van der Waals surface area contributed by atoms with Gasteiger partial charge >= 0.3 is 11.9 Å². The molecule has 7 nitrogen and oxygen atoms in total. The Morgan fingerprint density at radius 1 is 0.972 bits per heavy atom. The van der Waals surface area contributed by atoms with Gasteiger partial charge in [0.15, 0.2) is 11.5 Å². The third kappa shape index (κ3) is 7.49. The van der Waals surface area contributed by atoms with E-state index >= 15 is 0 Å². The van der Waals surface area contributed by atoms with E-state index in [1.807, 2.05) is 12.1 Å². The summed E-state index contributed by atoms with van der Waals surface area (Å²) >= 11 is 5.91. The van der Waals surface area contributed by atoms with E-state index in [9.17, 15) is 9.59 Å². The molecule has 3 rings (SSSR count). The molecule has 0 N–H and O–H groups in total. The van der Waals surface area contributed by atoms with Gasteiger partial charge in [-0.2, -0.15) is 5.26 Å². The fraction of sp³-hybridized carbons (Fsp3) is 0.107. The maximum Gasteiger partial charge on any atom is 0.348 e. The van der Waals surface area contributed by atoms with Crippen molar-refractivity contribution in [2.45, 2.75) is 6.61 Å². The van der Waals surface area contributed by atoms with Gasteiger partial charge in [-0.3, -0.25) is 0 Å². The van der Waals surface area contributed by atoms with Crippen molar-refractivity contribution in [3.8, 4) is 23.3 Å². The van der Waals surface area contributed by atoms with Gasteiger partial charge in [-0.25, -0.2) is 9.59 Å². The molecule has 0 aromatic heterocycles. The molecule has 0 fully saturated rings. The Balaban J connectivity index is 1.64. The van der Waals surface area contributed by atoms with Gasteiger partial charge in [0.2, 0.25) is 0 Å². The molecule has 0 saturated heterocycles. The van der Waals surface area contributed by atoms with E-state index in [1.54, 1.807) is 60.7 Å². The lowest BCUT2D eigenvalue weighted by Gasteiger charge is -2.11. The van der Waals surface area contributed by atoms with Crippen LogP contribution in [-0.4, -0.2) is 26.2 Å². The molecule has 0 saturated carbocycles. The first-order valence-electron chi connectivity index (χ1n) is 10.7. The summed E-state index contributed by atoms with van der Waals surface area (Å²) in [4.78, 5) is 23.9. The number of nitriles is 1. The Labute approximate surface area is 213 Å². The number of ether oxygens (including phenoxy) is 4. The first-order chi connectivity index (χ1) is 17.4. The molecular weight excluding hydrogens is 482 g/mol. The van der Waals surface area contributed by atoms with E-state index < -0.39 is 11.9 Å². The zero-order valence-corrected chi connectivity index (χ0v) is 20.3. The van der Waals surface area contributed by atoms with Crippen molar-refractivity contribution in [3.63, 3.8) is 0 Å². The monoisotopic (exact) mass is 503 g/mol. The van der Waals surface area contributed by atoms with Crippen LogP contribution >= 0.6 is 11.6 Å². The van der Waals surface area contributed by atoms with E-state index in [4.69, 9.17) is 31.1 Å². The lowest BCUT2D eigenvalue weighted by Crippen LogP contribution is -2.04. The molecule has 0 amide bonds. The lowest BCUT2D eigenvalue weighted by atomic mass is 10.1. The van der Waals surface area contributed by atoms with Crippen LogP contribution in [0.5, 0.6) is 17.2 Å². The minimum atomic E-state index is -0.750. The number of carbonyl (C=O) groups excluding carboxylic acids is 2. The van der Waals surface area contributed by atoms with Crippen molar-refractivity contribution in [2.24, 2.45) is 0 Å². The highest BCUT2D eigenvalue weighted by Gasteiger charge is 2.10. The largest absolute Gasteiger partial charge is 0.493 e. The van der Waals surface area contributed by atoms with Crippen LogP contribution in [-0.2, 0) is 20.9 Å². The Hall–Kier alpha value is -4.54. The third-order valence-corrected chi connectivity index (χ3v) is 5.07. The van der Waals surface area contributed by atoms with Gasteiger partial charge in [-0.15, -0.1) is 0 Å². The molecule has 3 aromatic rings. The minimum Gasteiger partial charge on any atom is -0.493 e. The number of benzene rings is 3. The molecule has 0 bridgehead atoms. The molecule has 0 aliphatic heterocycles. The zero-order chi connectivity index (χ0) is 25.9. The lowest BCUT2D eigenvalue weighted by molar-refractivity contribution is -0.135. The highest BCUT2D eigenvalue weighted by Crippen LogP contribution is 2.29. The molecule has 182 valence electrons. The first-order valence-corrected chi connectivity index (χ1v) is 11.0. The third-order valence-electron chi connectivity index (χ3n) is 4.82. The number of rotatable bonds is 9. The molecule has 36 heavy (non-hydrogen) atoms. The summed E-state index contributed by atoms with van der Waals surface area (Å²) in [7, 11) is 2.72. The number of hydrogen-bond acceptors (Lipinski definition) is 7. The molecule has 0 spiro atoms. The van der Waals surface area contributed by atoms with E-state index in [0.29, 0.717) is 34.3 Å². The first kappa shape index (κ1) is 26.1. The molecule has 0 aliphatic rings. The van der Waals surface area contributed by atoms with E-state index in [2.05, 4.69) is 4.74 Å². The maximum absolute atomic E-state index is 12.3. The Bertz CT molecular complexity index is 1340. The van der Waals surface area contributed by atoms with Crippen molar-refractivity contribution in [3.05, 3.63) is 100 Å². The number of hydrogen-bond donors (Lipinski definition) is 0. The van der Waals surface area contributed by atoms with Gasteiger partial charge in [0.25, 0.3) is 0 Å². The number of esters is 2. The van der Waals surface area contributed by atoms with Crippen LogP contribution in [0.25, 0.3) is 12.2 Å². The second kappa shape index (κ2) is 12.8. The number of halogens is 1. The molecule has 0 heterocycles. The van der Waals surface area contributed by atoms with E-state index in [1.165, 1.54) is 32.4 Å². The van der Waals surface area contributed by atoms with Crippen molar-refractivity contribution in [1.29, 1.82) is 5.26 Å². The molecule has 0 unspecified atom stereocenters. The average Bonchev–Trinajstić information content (AvgIpc) is 2.90. The second-order valence-electron chi connectivity index (χ2n) is 7.31. The summed E-state index contributed by atoms with van der Waals surface area (Å²) < 4.78 is 21.2. The number of nitrogens with zero attached hydrogens (tertiary/aromatic N) is 1. The fourth-order valence-corrected chi connectivity index (χ4v) is 3.17. The SMILES string of the molecule is COC(=O)/C(C#N)=C/c1cccc(OC(=O)/C=C/c2ccc(OCc3ccc(Cl)cc3)c(OC)c2)c1. The van der Waals surface area contributed by atoms with Crippen molar-refractivity contribution in [2.75, 3.05) is 14.2 Å². The summed E-state index contributed by atoms with van der Waals surface area (Å²) in [5.74, 6) is -0.0333. The Kier molecular flexibility index (Phi) is 9.26. The minimum absolute atomic E-state index is 0.171.